The van der Waals surface area contributed by atoms with Crippen LogP contribution in [0.3, 0.4) is 0 Å². The Balaban J connectivity index is 2.03. The Labute approximate surface area is 190 Å². The number of benzene rings is 2. The van der Waals surface area contributed by atoms with Gasteiger partial charge in [0.1, 0.15) is 0 Å². The Hall–Kier alpha value is -3.02. The predicted octanol–water partition coefficient (Wildman–Crippen LogP) is 4.12. The van der Waals surface area contributed by atoms with Crippen LogP contribution in [0.1, 0.15) is 43.0 Å². The molecule has 0 heterocycles. The molecule has 2 N–H and O–H groups in total. The van der Waals surface area contributed by atoms with E-state index in [0.717, 1.165) is 11.1 Å². The number of esters is 1. The minimum atomic E-state index is -0.577. The normalized spacial score (nSPS) is 12.2. The van der Waals surface area contributed by atoms with E-state index in [0.29, 0.717) is 18.7 Å². The minimum absolute atomic E-state index is 0.0331. The minimum Gasteiger partial charge on any atom is -0.504 e. The van der Waals surface area contributed by atoms with Crippen LogP contribution in [0.15, 0.2) is 36.4 Å². The van der Waals surface area contributed by atoms with Crippen LogP contribution in [0, 0.1) is 25.2 Å². The van der Waals surface area contributed by atoms with E-state index in [9.17, 15) is 14.7 Å². The lowest BCUT2D eigenvalue weighted by atomic mass is 9.95. The number of hydrogen-bond donors (Lipinski definition) is 2. The van der Waals surface area contributed by atoms with Crippen molar-refractivity contribution >= 4 is 11.9 Å². The second-order valence-corrected chi connectivity index (χ2v) is 9.32. The second-order valence-electron chi connectivity index (χ2n) is 9.32. The molecule has 0 bridgehead atoms. The van der Waals surface area contributed by atoms with Crippen LogP contribution in [0.5, 0.6) is 11.5 Å². The lowest BCUT2D eigenvalue weighted by Crippen LogP contribution is -2.35. The number of aromatic hydroxyl groups is 1. The topological polar surface area (TPSA) is 84.9 Å². The van der Waals surface area contributed by atoms with Gasteiger partial charge in [0.2, 0.25) is 5.91 Å². The van der Waals surface area contributed by atoms with E-state index in [1.54, 1.807) is 12.1 Å². The molecular formula is C26H35NO5. The molecule has 0 spiro atoms. The molecule has 6 heteroatoms. The van der Waals surface area contributed by atoms with Gasteiger partial charge in [0, 0.05) is 12.5 Å². The number of carbonyl (C=O) groups is 2. The maximum atomic E-state index is 12.5. The van der Waals surface area contributed by atoms with E-state index >= 15 is 0 Å². The van der Waals surface area contributed by atoms with Crippen LogP contribution in [-0.2, 0) is 27.2 Å². The van der Waals surface area contributed by atoms with Gasteiger partial charge in [0.05, 0.1) is 25.6 Å². The Bertz CT molecular complexity index is 946. The first-order chi connectivity index (χ1) is 15.0. The first-order valence-corrected chi connectivity index (χ1v) is 10.9. The Kier molecular flexibility index (Phi) is 8.70. The molecule has 0 fully saturated rings. The Morgan fingerprint density at radius 1 is 1.03 bits per heavy atom. The van der Waals surface area contributed by atoms with Crippen molar-refractivity contribution in [2.24, 2.45) is 11.3 Å². The number of methoxy groups -OCH3 is 1. The summed E-state index contributed by atoms with van der Waals surface area (Å²) < 4.78 is 10.7. The number of phenols is 1. The van der Waals surface area contributed by atoms with Gasteiger partial charge in [-0.1, -0.05) is 24.3 Å². The smallest absolute Gasteiger partial charge is 0.311 e. The van der Waals surface area contributed by atoms with Crippen molar-refractivity contribution in [1.82, 2.24) is 5.32 Å². The highest BCUT2D eigenvalue weighted by Crippen LogP contribution is 2.26. The van der Waals surface area contributed by atoms with E-state index < -0.39 is 5.41 Å². The molecule has 0 aliphatic rings. The highest BCUT2D eigenvalue weighted by atomic mass is 16.5. The summed E-state index contributed by atoms with van der Waals surface area (Å²) in [4.78, 5) is 24.8. The summed E-state index contributed by atoms with van der Waals surface area (Å²) >= 11 is 0. The van der Waals surface area contributed by atoms with Crippen LogP contribution in [0.2, 0.25) is 0 Å². The molecule has 174 valence electrons. The van der Waals surface area contributed by atoms with Crippen LogP contribution in [0.25, 0.3) is 0 Å². The number of ether oxygens (including phenoxy) is 2. The number of aryl methyl sites for hydroxylation is 2. The summed E-state index contributed by atoms with van der Waals surface area (Å²) in [6.07, 6.45) is 0.848. The van der Waals surface area contributed by atoms with Crippen molar-refractivity contribution in [3.05, 3.63) is 58.7 Å². The van der Waals surface area contributed by atoms with Crippen LogP contribution in [-0.4, -0.2) is 37.2 Å². The largest absolute Gasteiger partial charge is 0.504 e. The zero-order valence-electron chi connectivity index (χ0n) is 20.0. The Morgan fingerprint density at radius 2 is 1.72 bits per heavy atom. The molecule has 1 unspecified atom stereocenters. The van der Waals surface area contributed by atoms with E-state index in [-0.39, 0.29) is 36.6 Å². The number of rotatable bonds is 9. The molecule has 0 saturated carbocycles. The van der Waals surface area contributed by atoms with Crippen LogP contribution in [0.4, 0.5) is 0 Å². The van der Waals surface area contributed by atoms with Crippen LogP contribution >= 0.6 is 0 Å². The lowest BCUT2D eigenvalue weighted by molar-refractivity contribution is -0.154. The van der Waals surface area contributed by atoms with Crippen molar-refractivity contribution < 1.29 is 24.2 Å². The first kappa shape index (κ1) is 25.2. The molecule has 0 aliphatic heterocycles. The van der Waals surface area contributed by atoms with Gasteiger partial charge in [-0.3, -0.25) is 9.59 Å². The van der Waals surface area contributed by atoms with E-state index in [1.165, 1.54) is 24.3 Å². The number of amides is 1. The van der Waals surface area contributed by atoms with Gasteiger partial charge in [0.15, 0.2) is 11.5 Å². The lowest BCUT2D eigenvalue weighted by Gasteiger charge is -2.22. The van der Waals surface area contributed by atoms with Gasteiger partial charge >= 0.3 is 5.97 Å². The molecule has 6 nitrogen and oxygen atoms in total. The summed E-state index contributed by atoms with van der Waals surface area (Å²) in [6, 6.07) is 11.1. The van der Waals surface area contributed by atoms with Crippen molar-refractivity contribution in [2.45, 2.75) is 47.5 Å². The van der Waals surface area contributed by atoms with Crippen molar-refractivity contribution in [3.8, 4) is 11.5 Å². The molecule has 2 aromatic rings. The van der Waals surface area contributed by atoms with E-state index in [4.69, 9.17) is 9.47 Å². The fourth-order valence-electron chi connectivity index (χ4n) is 3.20. The summed E-state index contributed by atoms with van der Waals surface area (Å²) in [5.41, 5.74) is 3.73. The van der Waals surface area contributed by atoms with Gasteiger partial charge < -0.3 is 19.9 Å². The van der Waals surface area contributed by atoms with E-state index in [1.807, 2.05) is 20.8 Å². The highest BCUT2D eigenvalue weighted by molar-refractivity contribution is 5.78. The highest BCUT2D eigenvalue weighted by Gasteiger charge is 2.24. The maximum absolute atomic E-state index is 12.5. The molecule has 0 saturated heterocycles. The molecule has 32 heavy (non-hydrogen) atoms. The standard InChI is InChI=1S/C26H35NO5/c1-17-7-8-19(11-18(17)2)12-21(16-32-25(30)26(3,4)5)15-27-24(29)14-20-9-10-22(28)23(13-20)31-6/h7-11,13,21,28H,12,14-16H2,1-6H3,(H,27,29). The third-order valence-corrected chi connectivity index (χ3v) is 5.35. The molecule has 1 atom stereocenters. The average molecular weight is 442 g/mol. The third kappa shape index (κ3) is 7.59. The average Bonchev–Trinajstić information content (AvgIpc) is 2.73. The second kappa shape index (κ2) is 11.0. The van der Waals surface area contributed by atoms with Crippen molar-refractivity contribution in [3.63, 3.8) is 0 Å². The van der Waals surface area contributed by atoms with Gasteiger partial charge in [0.25, 0.3) is 0 Å². The molecule has 2 aromatic carbocycles. The van der Waals surface area contributed by atoms with Crippen LogP contribution < -0.4 is 10.1 Å². The maximum Gasteiger partial charge on any atom is 0.311 e. The zero-order valence-corrected chi connectivity index (χ0v) is 20.0. The predicted molar refractivity (Wildman–Crippen MR) is 125 cm³/mol. The summed E-state index contributed by atoms with van der Waals surface area (Å²) in [6.45, 7) is 10.2. The number of nitrogens with one attached hydrogen (secondary N) is 1. The van der Waals surface area contributed by atoms with Gasteiger partial charge in [-0.25, -0.2) is 0 Å². The summed E-state index contributed by atoms with van der Waals surface area (Å²) in [7, 11) is 1.47. The van der Waals surface area contributed by atoms with Gasteiger partial charge in [-0.2, -0.15) is 0 Å². The molecule has 0 aliphatic carbocycles. The number of hydrogen-bond acceptors (Lipinski definition) is 5. The molecule has 1 amide bonds. The summed E-state index contributed by atoms with van der Waals surface area (Å²) in [5, 5.41) is 12.7. The van der Waals surface area contributed by atoms with Crippen molar-refractivity contribution in [2.75, 3.05) is 20.3 Å². The molecule has 0 aromatic heterocycles. The molecule has 0 radical (unpaired) electrons. The van der Waals surface area contributed by atoms with E-state index in [2.05, 4.69) is 37.4 Å². The monoisotopic (exact) mass is 441 g/mol. The Morgan fingerprint density at radius 3 is 2.34 bits per heavy atom. The summed E-state index contributed by atoms with van der Waals surface area (Å²) in [5.74, 6) is -0.0976. The fourth-order valence-corrected chi connectivity index (χ4v) is 3.20. The zero-order chi connectivity index (χ0) is 23.9. The number of phenolic OH excluding ortho intramolecular Hbond substituents is 1. The third-order valence-electron chi connectivity index (χ3n) is 5.35. The number of carbonyl (C=O) groups excluding carboxylic acids is 2. The molecule has 2 rings (SSSR count). The first-order valence-electron chi connectivity index (χ1n) is 10.9. The van der Waals surface area contributed by atoms with Gasteiger partial charge in [-0.15, -0.1) is 0 Å². The molecular weight excluding hydrogens is 406 g/mol. The SMILES string of the molecule is COc1cc(CC(=O)NCC(COC(=O)C(C)(C)C)Cc2ccc(C)c(C)c2)ccc1O. The fraction of sp³-hybridized carbons (Fsp3) is 0.462. The van der Waals surface area contributed by atoms with Gasteiger partial charge in [-0.05, 0) is 75.4 Å². The van der Waals surface area contributed by atoms with Crippen molar-refractivity contribution in [1.29, 1.82) is 0 Å². The quantitative estimate of drug-likeness (QED) is 0.572.